The van der Waals surface area contributed by atoms with Crippen molar-refractivity contribution in [2.45, 2.75) is 6.54 Å². The molecule has 0 bridgehead atoms. The fourth-order valence-electron chi connectivity index (χ4n) is 1.54. The van der Waals surface area contributed by atoms with Crippen molar-refractivity contribution in [1.82, 2.24) is 20.2 Å². The number of carbonyl (C=O) groups excluding carboxylic acids is 1. The molecule has 10 heteroatoms. The summed E-state index contributed by atoms with van der Waals surface area (Å²) in [5, 5.41) is 14.1. The van der Waals surface area contributed by atoms with Gasteiger partial charge >= 0.3 is 5.95 Å². The normalized spacial score (nSPS) is 10.1. The van der Waals surface area contributed by atoms with Crippen molar-refractivity contribution in [3.05, 3.63) is 46.3 Å². The van der Waals surface area contributed by atoms with E-state index in [0.717, 1.165) is 0 Å². The summed E-state index contributed by atoms with van der Waals surface area (Å²) < 4.78 is 6.74. The molecule has 0 aliphatic carbocycles. The van der Waals surface area contributed by atoms with Crippen LogP contribution in [-0.4, -0.2) is 32.2 Å². The SMILES string of the molecule is NNC(=O)c1cccc(OCCn2cnc([N+](=O)[O-])n2)c1. The highest BCUT2D eigenvalue weighted by atomic mass is 16.6. The molecule has 0 aliphatic rings. The van der Waals surface area contributed by atoms with E-state index in [1.807, 2.05) is 5.43 Å². The fraction of sp³-hybridized carbons (Fsp3) is 0.182. The van der Waals surface area contributed by atoms with Gasteiger partial charge in [-0.25, -0.2) is 5.84 Å². The summed E-state index contributed by atoms with van der Waals surface area (Å²) in [7, 11) is 0. The number of nitrogen functional groups attached to an aromatic ring is 1. The second-order valence-corrected chi connectivity index (χ2v) is 3.91. The van der Waals surface area contributed by atoms with E-state index in [-0.39, 0.29) is 13.2 Å². The van der Waals surface area contributed by atoms with Crippen LogP contribution < -0.4 is 16.0 Å². The number of carbonyl (C=O) groups is 1. The fourth-order valence-corrected chi connectivity index (χ4v) is 1.54. The standard InChI is InChI=1S/C11H12N6O4/c12-14-10(18)8-2-1-3-9(6-8)21-5-4-16-7-13-11(15-16)17(19)20/h1-3,6-7H,4-5,12H2,(H,14,18). The summed E-state index contributed by atoms with van der Waals surface area (Å²) in [6.07, 6.45) is 1.25. The Kier molecular flexibility index (Phi) is 4.41. The maximum atomic E-state index is 11.3. The van der Waals surface area contributed by atoms with Gasteiger partial charge in [0.2, 0.25) is 6.33 Å². The van der Waals surface area contributed by atoms with Gasteiger partial charge in [-0.3, -0.25) is 10.2 Å². The highest BCUT2D eigenvalue weighted by Gasteiger charge is 2.12. The minimum atomic E-state index is -0.674. The quantitative estimate of drug-likeness (QED) is 0.327. The van der Waals surface area contributed by atoms with Crippen molar-refractivity contribution in [3.63, 3.8) is 0 Å². The van der Waals surface area contributed by atoms with E-state index in [9.17, 15) is 14.9 Å². The van der Waals surface area contributed by atoms with Crippen LogP contribution in [0.4, 0.5) is 5.95 Å². The molecule has 0 atom stereocenters. The summed E-state index contributed by atoms with van der Waals surface area (Å²) in [5.41, 5.74) is 2.39. The Balaban J connectivity index is 1.91. The topological polar surface area (TPSA) is 138 Å². The van der Waals surface area contributed by atoms with Crippen molar-refractivity contribution in [2.75, 3.05) is 6.61 Å². The van der Waals surface area contributed by atoms with Crippen LogP contribution in [0.25, 0.3) is 0 Å². The van der Waals surface area contributed by atoms with E-state index in [4.69, 9.17) is 10.6 Å². The van der Waals surface area contributed by atoms with Gasteiger partial charge in [0.05, 0.1) is 6.54 Å². The van der Waals surface area contributed by atoms with E-state index in [1.165, 1.54) is 17.1 Å². The number of nitrogens with one attached hydrogen (secondary N) is 1. The molecule has 0 saturated heterocycles. The van der Waals surface area contributed by atoms with Crippen LogP contribution in [0.3, 0.4) is 0 Å². The van der Waals surface area contributed by atoms with Crippen LogP contribution in [0.5, 0.6) is 5.75 Å². The van der Waals surface area contributed by atoms with Crippen molar-refractivity contribution in [2.24, 2.45) is 5.84 Å². The van der Waals surface area contributed by atoms with Gasteiger partial charge in [0.25, 0.3) is 5.91 Å². The zero-order valence-corrected chi connectivity index (χ0v) is 10.8. The lowest BCUT2D eigenvalue weighted by Crippen LogP contribution is -2.29. The molecule has 0 aliphatic heterocycles. The van der Waals surface area contributed by atoms with Gasteiger partial charge in [-0.05, 0) is 23.1 Å². The molecule has 0 radical (unpaired) electrons. The predicted octanol–water partition coefficient (Wildman–Crippen LogP) is -0.131. The Hall–Kier alpha value is -3.01. The number of nitrogens with two attached hydrogens (primary N) is 1. The number of amides is 1. The molecular weight excluding hydrogens is 280 g/mol. The summed E-state index contributed by atoms with van der Waals surface area (Å²) >= 11 is 0. The summed E-state index contributed by atoms with van der Waals surface area (Å²) in [6, 6.07) is 6.46. The summed E-state index contributed by atoms with van der Waals surface area (Å²) in [4.78, 5) is 24.6. The summed E-state index contributed by atoms with van der Waals surface area (Å²) in [5.74, 6) is 4.64. The molecule has 10 nitrogen and oxygen atoms in total. The first kappa shape index (κ1) is 14.4. The molecule has 1 heterocycles. The Morgan fingerprint density at radius 2 is 2.33 bits per heavy atom. The van der Waals surface area contributed by atoms with Crippen LogP contribution in [0, 0.1) is 10.1 Å². The molecule has 1 aromatic heterocycles. The molecule has 3 N–H and O–H groups in total. The van der Waals surface area contributed by atoms with Crippen LogP contribution in [0.1, 0.15) is 10.4 Å². The Bertz CT molecular complexity index is 656. The Morgan fingerprint density at radius 1 is 1.52 bits per heavy atom. The van der Waals surface area contributed by atoms with Gasteiger partial charge in [0, 0.05) is 10.7 Å². The molecule has 2 rings (SSSR count). The first-order valence-electron chi connectivity index (χ1n) is 5.88. The Morgan fingerprint density at radius 3 is 3.00 bits per heavy atom. The summed E-state index contributed by atoms with van der Waals surface area (Å²) in [6.45, 7) is 0.502. The third-order valence-corrected chi connectivity index (χ3v) is 2.50. The van der Waals surface area contributed by atoms with Gasteiger partial charge in [-0.2, -0.15) is 4.68 Å². The van der Waals surface area contributed by atoms with Crippen molar-refractivity contribution in [3.8, 4) is 5.75 Å². The van der Waals surface area contributed by atoms with Crippen LogP contribution in [0.2, 0.25) is 0 Å². The lowest BCUT2D eigenvalue weighted by Gasteiger charge is -2.06. The highest BCUT2D eigenvalue weighted by molar-refractivity contribution is 5.94. The Labute approximate surface area is 118 Å². The van der Waals surface area contributed by atoms with Crippen molar-refractivity contribution >= 4 is 11.9 Å². The molecule has 1 aromatic carbocycles. The van der Waals surface area contributed by atoms with E-state index >= 15 is 0 Å². The molecule has 2 aromatic rings. The third kappa shape index (κ3) is 3.73. The molecule has 110 valence electrons. The molecule has 21 heavy (non-hydrogen) atoms. The van der Waals surface area contributed by atoms with Crippen molar-refractivity contribution in [1.29, 1.82) is 0 Å². The number of hydrazine groups is 1. The van der Waals surface area contributed by atoms with Crippen LogP contribution >= 0.6 is 0 Å². The first-order valence-corrected chi connectivity index (χ1v) is 5.88. The lowest BCUT2D eigenvalue weighted by molar-refractivity contribution is -0.394. The zero-order valence-electron chi connectivity index (χ0n) is 10.8. The molecule has 0 fully saturated rings. The number of rotatable bonds is 6. The number of hydrogen-bond acceptors (Lipinski definition) is 7. The smallest absolute Gasteiger partial charge is 0.490 e. The van der Waals surface area contributed by atoms with E-state index < -0.39 is 16.8 Å². The van der Waals surface area contributed by atoms with Crippen molar-refractivity contribution < 1.29 is 14.5 Å². The average Bonchev–Trinajstić information content (AvgIpc) is 2.96. The monoisotopic (exact) mass is 292 g/mol. The number of nitrogens with zero attached hydrogens (tertiary/aromatic N) is 4. The third-order valence-electron chi connectivity index (χ3n) is 2.50. The van der Waals surface area contributed by atoms with Gasteiger partial charge in [-0.1, -0.05) is 11.1 Å². The van der Waals surface area contributed by atoms with E-state index in [2.05, 4.69) is 10.1 Å². The molecule has 0 unspecified atom stereocenters. The number of nitro groups is 1. The van der Waals surface area contributed by atoms with E-state index in [1.54, 1.807) is 18.2 Å². The number of benzene rings is 1. The number of aromatic nitrogens is 3. The minimum Gasteiger partial charge on any atom is -0.492 e. The minimum absolute atomic E-state index is 0.216. The number of hydrogen-bond donors (Lipinski definition) is 2. The van der Waals surface area contributed by atoms with Gasteiger partial charge < -0.3 is 14.9 Å². The first-order chi connectivity index (χ1) is 10.1. The molecule has 0 spiro atoms. The molecule has 0 saturated carbocycles. The highest BCUT2D eigenvalue weighted by Crippen LogP contribution is 2.13. The van der Waals surface area contributed by atoms with Gasteiger partial charge in [-0.15, -0.1) is 0 Å². The van der Waals surface area contributed by atoms with Gasteiger partial charge in [0.15, 0.2) is 0 Å². The number of ether oxygens (including phenoxy) is 1. The van der Waals surface area contributed by atoms with Crippen LogP contribution in [-0.2, 0) is 6.54 Å². The maximum absolute atomic E-state index is 11.3. The largest absolute Gasteiger partial charge is 0.492 e. The second kappa shape index (κ2) is 6.43. The molecule has 1 amide bonds. The zero-order chi connectivity index (χ0) is 15.2. The second-order valence-electron chi connectivity index (χ2n) is 3.91. The lowest BCUT2D eigenvalue weighted by atomic mass is 10.2. The molecular formula is C11H12N6O4. The van der Waals surface area contributed by atoms with Gasteiger partial charge in [0.1, 0.15) is 12.4 Å². The van der Waals surface area contributed by atoms with Crippen LogP contribution in [0.15, 0.2) is 30.6 Å². The van der Waals surface area contributed by atoms with E-state index in [0.29, 0.717) is 11.3 Å². The predicted molar refractivity (Wildman–Crippen MR) is 70.3 cm³/mol. The maximum Gasteiger partial charge on any atom is 0.490 e. The average molecular weight is 292 g/mol.